The lowest BCUT2D eigenvalue weighted by Gasteiger charge is -2.01. The molecule has 1 aliphatic rings. The largest absolute Gasteiger partial charge is 0.341 e. The quantitative estimate of drug-likeness (QED) is 0.699. The molecule has 0 spiro atoms. The number of aryl methyl sites for hydroxylation is 2. The third kappa shape index (κ3) is 1.67. The molecule has 1 aliphatic carbocycles. The molecule has 0 aliphatic heterocycles. The zero-order chi connectivity index (χ0) is 15.4. The van der Waals surface area contributed by atoms with Crippen LogP contribution in [0, 0.1) is 13.8 Å². The SMILES string of the molecule is Cc1cc2nc(C3C(=O)c4ccccc4C3=O)[nH]c2cc1C. The first kappa shape index (κ1) is 13.0. The molecule has 0 saturated carbocycles. The summed E-state index contributed by atoms with van der Waals surface area (Å²) in [5.41, 5.74) is 4.91. The number of Topliss-reactive ketones (excluding diaryl/α,β-unsaturated/α-hetero) is 2. The second kappa shape index (κ2) is 4.37. The van der Waals surface area contributed by atoms with E-state index in [0.717, 1.165) is 22.2 Å². The zero-order valence-electron chi connectivity index (χ0n) is 12.3. The van der Waals surface area contributed by atoms with Crippen molar-refractivity contribution in [2.24, 2.45) is 0 Å². The van der Waals surface area contributed by atoms with Gasteiger partial charge >= 0.3 is 0 Å². The van der Waals surface area contributed by atoms with Crippen LogP contribution in [0.3, 0.4) is 0 Å². The second-order valence-electron chi connectivity index (χ2n) is 5.78. The van der Waals surface area contributed by atoms with Gasteiger partial charge in [0.1, 0.15) is 11.7 Å². The average Bonchev–Trinajstić information content (AvgIpc) is 3.00. The molecule has 0 radical (unpaired) electrons. The van der Waals surface area contributed by atoms with Crippen LogP contribution in [0.25, 0.3) is 11.0 Å². The number of nitrogens with one attached hydrogen (secondary N) is 1. The highest BCUT2D eigenvalue weighted by molar-refractivity contribution is 6.29. The van der Waals surface area contributed by atoms with E-state index in [2.05, 4.69) is 9.97 Å². The van der Waals surface area contributed by atoms with Gasteiger partial charge in [0.25, 0.3) is 0 Å². The van der Waals surface area contributed by atoms with E-state index in [9.17, 15) is 9.59 Å². The Balaban J connectivity index is 1.87. The number of rotatable bonds is 1. The fraction of sp³-hybridized carbons (Fsp3) is 0.167. The Morgan fingerprint density at radius 1 is 0.955 bits per heavy atom. The lowest BCUT2D eigenvalue weighted by atomic mass is 10.0. The fourth-order valence-corrected chi connectivity index (χ4v) is 3.02. The van der Waals surface area contributed by atoms with Crippen LogP contribution in [0.2, 0.25) is 0 Å². The van der Waals surface area contributed by atoms with E-state index in [-0.39, 0.29) is 11.6 Å². The Morgan fingerprint density at radius 3 is 2.18 bits per heavy atom. The van der Waals surface area contributed by atoms with Crippen LogP contribution in [0.1, 0.15) is 43.6 Å². The molecule has 0 atom stereocenters. The molecule has 108 valence electrons. The Bertz CT molecular complexity index is 879. The molecule has 0 fully saturated rings. The van der Waals surface area contributed by atoms with Gasteiger partial charge in [-0.1, -0.05) is 24.3 Å². The molecular weight excluding hydrogens is 276 g/mol. The smallest absolute Gasteiger partial charge is 0.182 e. The maximum atomic E-state index is 12.5. The van der Waals surface area contributed by atoms with Crippen molar-refractivity contribution in [3.63, 3.8) is 0 Å². The molecule has 3 aromatic rings. The van der Waals surface area contributed by atoms with Crippen molar-refractivity contribution in [1.82, 2.24) is 9.97 Å². The number of H-pyrrole nitrogens is 1. The highest BCUT2D eigenvalue weighted by Gasteiger charge is 2.41. The van der Waals surface area contributed by atoms with Gasteiger partial charge in [0, 0.05) is 11.1 Å². The average molecular weight is 290 g/mol. The Labute approximate surface area is 127 Å². The highest BCUT2D eigenvalue weighted by atomic mass is 16.2. The van der Waals surface area contributed by atoms with Gasteiger partial charge in [0.05, 0.1) is 11.0 Å². The van der Waals surface area contributed by atoms with Gasteiger partial charge in [0.15, 0.2) is 11.6 Å². The monoisotopic (exact) mass is 290 g/mol. The predicted molar refractivity (Wildman–Crippen MR) is 83.4 cm³/mol. The van der Waals surface area contributed by atoms with Gasteiger partial charge < -0.3 is 4.98 Å². The minimum atomic E-state index is -0.842. The number of nitrogens with zero attached hydrogens (tertiary/aromatic N) is 1. The van der Waals surface area contributed by atoms with E-state index >= 15 is 0 Å². The highest BCUT2D eigenvalue weighted by Crippen LogP contribution is 2.33. The lowest BCUT2D eigenvalue weighted by molar-refractivity contribution is 0.0886. The molecule has 22 heavy (non-hydrogen) atoms. The first-order valence-corrected chi connectivity index (χ1v) is 7.20. The number of hydrogen-bond donors (Lipinski definition) is 1. The van der Waals surface area contributed by atoms with Crippen molar-refractivity contribution < 1.29 is 9.59 Å². The summed E-state index contributed by atoms with van der Waals surface area (Å²) in [7, 11) is 0. The topological polar surface area (TPSA) is 62.8 Å². The number of fused-ring (bicyclic) bond motifs is 2. The third-order valence-corrected chi connectivity index (χ3v) is 4.37. The van der Waals surface area contributed by atoms with E-state index in [1.54, 1.807) is 24.3 Å². The number of aromatic nitrogens is 2. The van der Waals surface area contributed by atoms with Crippen LogP contribution in [0.15, 0.2) is 36.4 Å². The molecule has 4 nitrogen and oxygen atoms in total. The zero-order valence-corrected chi connectivity index (χ0v) is 12.3. The van der Waals surface area contributed by atoms with Crippen LogP contribution in [0.5, 0.6) is 0 Å². The summed E-state index contributed by atoms with van der Waals surface area (Å²) < 4.78 is 0. The summed E-state index contributed by atoms with van der Waals surface area (Å²) in [6.07, 6.45) is 0. The number of carbonyl (C=O) groups excluding carboxylic acids is 2. The van der Waals surface area contributed by atoms with Crippen LogP contribution in [-0.4, -0.2) is 21.5 Å². The summed E-state index contributed by atoms with van der Waals surface area (Å²) >= 11 is 0. The van der Waals surface area contributed by atoms with Crippen molar-refractivity contribution in [2.45, 2.75) is 19.8 Å². The Kier molecular flexibility index (Phi) is 2.57. The van der Waals surface area contributed by atoms with Gasteiger partial charge in [-0.2, -0.15) is 0 Å². The van der Waals surface area contributed by atoms with Crippen LogP contribution in [0.4, 0.5) is 0 Å². The normalized spacial score (nSPS) is 14.8. The molecule has 4 rings (SSSR count). The molecule has 0 bridgehead atoms. The summed E-state index contributed by atoms with van der Waals surface area (Å²) in [5, 5.41) is 0. The first-order chi connectivity index (χ1) is 10.6. The number of aromatic amines is 1. The molecule has 0 saturated heterocycles. The molecule has 1 N–H and O–H groups in total. The van der Waals surface area contributed by atoms with Gasteiger partial charge in [-0.05, 0) is 37.1 Å². The maximum absolute atomic E-state index is 12.5. The van der Waals surface area contributed by atoms with E-state index in [1.807, 2.05) is 26.0 Å². The van der Waals surface area contributed by atoms with Gasteiger partial charge in [0.2, 0.25) is 0 Å². The lowest BCUT2D eigenvalue weighted by Crippen LogP contribution is -2.14. The van der Waals surface area contributed by atoms with Crippen molar-refractivity contribution >= 4 is 22.6 Å². The Morgan fingerprint density at radius 2 is 1.55 bits per heavy atom. The summed E-state index contributed by atoms with van der Waals surface area (Å²) in [6.45, 7) is 4.04. The van der Waals surface area contributed by atoms with Crippen molar-refractivity contribution in [2.75, 3.05) is 0 Å². The third-order valence-electron chi connectivity index (χ3n) is 4.37. The van der Waals surface area contributed by atoms with E-state index in [1.165, 1.54) is 0 Å². The molecule has 0 unspecified atom stereocenters. The van der Waals surface area contributed by atoms with Crippen LogP contribution in [-0.2, 0) is 0 Å². The minimum Gasteiger partial charge on any atom is -0.341 e. The van der Waals surface area contributed by atoms with E-state index in [4.69, 9.17) is 0 Å². The van der Waals surface area contributed by atoms with Crippen LogP contribution >= 0.6 is 0 Å². The van der Waals surface area contributed by atoms with Crippen LogP contribution < -0.4 is 0 Å². The molecular formula is C18H14N2O2. The molecule has 1 heterocycles. The second-order valence-corrected chi connectivity index (χ2v) is 5.78. The van der Waals surface area contributed by atoms with E-state index in [0.29, 0.717) is 17.0 Å². The van der Waals surface area contributed by atoms with E-state index < -0.39 is 5.92 Å². The Hall–Kier alpha value is -2.75. The predicted octanol–water partition coefficient (Wildman–Crippen LogP) is 3.34. The number of benzene rings is 2. The maximum Gasteiger partial charge on any atom is 0.182 e. The van der Waals surface area contributed by atoms with Gasteiger partial charge in [-0.15, -0.1) is 0 Å². The number of carbonyl (C=O) groups is 2. The summed E-state index contributed by atoms with van der Waals surface area (Å²) in [6, 6.07) is 10.9. The van der Waals surface area contributed by atoms with Gasteiger partial charge in [-0.3, -0.25) is 9.59 Å². The fourth-order valence-electron chi connectivity index (χ4n) is 3.02. The summed E-state index contributed by atoms with van der Waals surface area (Å²) in [4.78, 5) is 32.7. The van der Waals surface area contributed by atoms with Gasteiger partial charge in [-0.25, -0.2) is 4.98 Å². The van der Waals surface area contributed by atoms with Crippen molar-refractivity contribution in [1.29, 1.82) is 0 Å². The molecule has 2 aromatic carbocycles. The first-order valence-electron chi connectivity index (χ1n) is 7.20. The minimum absolute atomic E-state index is 0.173. The molecule has 1 aromatic heterocycles. The molecule has 0 amide bonds. The van der Waals surface area contributed by atoms with Crippen molar-refractivity contribution in [3.8, 4) is 0 Å². The van der Waals surface area contributed by atoms with Crippen molar-refractivity contribution in [3.05, 3.63) is 64.5 Å². The standard InChI is InChI=1S/C18H14N2O2/c1-9-7-13-14(8-10(9)2)20-18(19-13)15-16(21)11-5-3-4-6-12(11)17(15)22/h3-8,15H,1-2H3,(H,19,20). The number of ketones is 2. The number of hydrogen-bond acceptors (Lipinski definition) is 3. The summed E-state index contributed by atoms with van der Waals surface area (Å²) in [5.74, 6) is -0.752. The molecule has 4 heteroatoms. The number of imidazole rings is 1.